The van der Waals surface area contributed by atoms with Gasteiger partial charge < -0.3 is 15.5 Å². The van der Waals surface area contributed by atoms with E-state index in [4.69, 9.17) is 5.73 Å². The molecule has 1 aliphatic carbocycles. The van der Waals surface area contributed by atoms with Crippen LogP contribution in [0.3, 0.4) is 0 Å². The molecule has 0 radical (unpaired) electrons. The SMILES string of the molecule is C1CC1.Cc1cc(N)ncc1-c1ccc2nc(NC=O)cn2c1. The monoisotopic (exact) mass is 309 g/mol. The van der Waals surface area contributed by atoms with Crippen molar-refractivity contribution in [3.63, 3.8) is 0 Å². The van der Waals surface area contributed by atoms with Crippen LogP contribution in [-0.4, -0.2) is 20.8 Å². The second-order valence-corrected chi connectivity index (χ2v) is 5.56. The van der Waals surface area contributed by atoms with Crippen LogP contribution in [0.2, 0.25) is 0 Å². The molecule has 1 amide bonds. The summed E-state index contributed by atoms with van der Waals surface area (Å²) in [5, 5.41) is 2.53. The first-order chi connectivity index (χ1) is 11.2. The molecule has 3 N–H and O–H groups in total. The fourth-order valence-corrected chi connectivity index (χ4v) is 2.16. The second kappa shape index (κ2) is 6.48. The van der Waals surface area contributed by atoms with Gasteiger partial charge in [0.2, 0.25) is 6.41 Å². The fourth-order valence-electron chi connectivity index (χ4n) is 2.16. The Labute approximate surface area is 134 Å². The normalized spacial score (nSPS) is 12.4. The molecule has 3 aromatic heterocycles. The van der Waals surface area contributed by atoms with Gasteiger partial charge >= 0.3 is 0 Å². The van der Waals surface area contributed by atoms with Crippen LogP contribution in [0.25, 0.3) is 16.8 Å². The second-order valence-electron chi connectivity index (χ2n) is 5.56. The highest BCUT2D eigenvalue weighted by molar-refractivity contribution is 5.72. The van der Waals surface area contributed by atoms with Gasteiger partial charge in [0, 0.05) is 23.5 Å². The average molecular weight is 309 g/mol. The van der Waals surface area contributed by atoms with E-state index < -0.39 is 0 Å². The lowest BCUT2D eigenvalue weighted by molar-refractivity contribution is -0.105. The first-order valence-electron chi connectivity index (χ1n) is 7.59. The summed E-state index contributed by atoms with van der Waals surface area (Å²) in [7, 11) is 0. The number of hydrogen-bond acceptors (Lipinski definition) is 4. The van der Waals surface area contributed by atoms with Gasteiger partial charge in [-0.2, -0.15) is 0 Å². The number of nitrogen functional groups attached to an aromatic ring is 1. The number of fused-ring (bicyclic) bond motifs is 1. The van der Waals surface area contributed by atoms with E-state index in [1.165, 1.54) is 19.3 Å². The van der Waals surface area contributed by atoms with Crippen molar-refractivity contribution in [2.24, 2.45) is 0 Å². The number of anilines is 2. The molecule has 1 saturated carbocycles. The van der Waals surface area contributed by atoms with Crippen LogP contribution in [0.5, 0.6) is 0 Å². The number of imidazole rings is 1. The first-order valence-corrected chi connectivity index (χ1v) is 7.59. The summed E-state index contributed by atoms with van der Waals surface area (Å²) in [6.45, 7) is 1.99. The molecule has 4 rings (SSSR count). The lowest BCUT2D eigenvalue weighted by Crippen LogP contribution is -1.93. The Morgan fingerprint density at radius 2 is 2.04 bits per heavy atom. The molecule has 23 heavy (non-hydrogen) atoms. The zero-order valence-electron chi connectivity index (χ0n) is 13.0. The molecule has 118 valence electrons. The predicted octanol–water partition coefficient (Wildman–Crippen LogP) is 3.03. The molecule has 3 aromatic rings. The van der Waals surface area contributed by atoms with E-state index in [1.807, 2.05) is 35.7 Å². The Morgan fingerprint density at radius 1 is 1.26 bits per heavy atom. The highest BCUT2D eigenvalue weighted by Gasteiger charge is 2.06. The third-order valence-electron chi connectivity index (χ3n) is 3.45. The highest BCUT2D eigenvalue weighted by atomic mass is 16.1. The van der Waals surface area contributed by atoms with E-state index in [2.05, 4.69) is 15.3 Å². The van der Waals surface area contributed by atoms with Crippen molar-refractivity contribution in [1.29, 1.82) is 0 Å². The molecule has 0 spiro atoms. The van der Waals surface area contributed by atoms with Gasteiger partial charge in [0.1, 0.15) is 11.5 Å². The largest absolute Gasteiger partial charge is 0.384 e. The number of carbonyl (C=O) groups excluding carboxylic acids is 1. The van der Waals surface area contributed by atoms with Crippen molar-refractivity contribution < 1.29 is 4.79 Å². The number of pyridine rings is 2. The third kappa shape index (κ3) is 3.66. The number of nitrogens with one attached hydrogen (secondary N) is 1. The van der Waals surface area contributed by atoms with Gasteiger partial charge in [-0.05, 0) is 30.7 Å². The summed E-state index contributed by atoms with van der Waals surface area (Å²) in [5.74, 6) is 1.02. The van der Waals surface area contributed by atoms with Crippen molar-refractivity contribution in [3.8, 4) is 11.1 Å². The van der Waals surface area contributed by atoms with E-state index in [0.29, 0.717) is 18.0 Å². The van der Waals surface area contributed by atoms with E-state index in [9.17, 15) is 4.79 Å². The van der Waals surface area contributed by atoms with Crippen LogP contribution in [0.15, 0.2) is 36.8 Å². The molecule has 0 atom stereocenters. The third-order valence-corrected chi connectivity index (χ3v) is 3.45. The molecule has 0 saturated heterocycles. The molecule has 0 bridgehead atoms. The number of rotatable bonds is 3. The number of carbonyl (C=O) groups is 1. The molecule has 1 aliphatic rings. The molecule has 0 aliphatic heterocycles. The molecule has 6 nitrogen and oxygen atoms in total. The molecular formula is C17H19N5O. The maximum Gasteiger partial charge on any atom is 0.212 e. The van der Waals surface area contributed by atoms with E-state index >= 15 is 0 Å². The Kier molecular flexibility index (Phi) is 4.23. The van der Waals surface area contributed by atoms with Crippen molar-refractivity contribution in [2.75, 3.05) is 11.1 Å². The summed E-state index contributed by atoms with van der Waals surface area (Å²) < 4.78 is 1.86. The minimum atomic E-state index is 0.507. The number of amides is 1. The minimum Gasteiger partial charge on any atom is -0.384 e. The highest BCUT2D eigenvalue weighted by Crippen LogP contribution is 2.24. The van der Waals surface area contributed by atoms with Gasteiger partial charge in [-0.25, -0.2) is 9.97 Å². The zero-order valence-corrected chi connectivity index (χ0v) is 13.0. The number of aryl methyl sites for hydroxylation is 1. The summed E-state index contributed by atoms with van der Waals surface area (Å²) in [6, 6.07) is 5.70. The number of aromatic nitrogens is 3. The number of nitrogens with two attached hydrogens (primary N) is 1. The summed E-state index contributed by atoms with van der Waals surface area (Å²) in [6.07, 6.45) is 10.6. The van der Waals surface area contributed by atoms with Gasteiger partial charge in [0.05, 0.1) is 6.20 Å². The molecular weight excluding hydrogens is 290 g/mol. The van der Waals surface area contributed by atoms with Crippen LogP contribution >= 0.6 is 0 Å². The van der Waals surface area contributed by atoms with Gasteiger partial charge in [0.15, 0.2) is 5.82 Å². The van der Waals surface area contributed by atoms with Crippen molar-refractivity contribution in [1.82, 2.24) is 14.4 Å². The van der Waals surface area contributed by atoms with Crippen LogP contribution < -0.4 is 11.1 Å². The summed E-state index contributed by atoms with van der Waals surface area (Å²) in [4.78, 5) is 18.8. The van der Waals surface area contributed by atoms with E-state index in [0.717, 1.165) is 22.3 Å². The Hall–Kier alpha value is -2.89. The van der Waals surface area contributed by atoms with Gasteiger partial charge in [-0.1, -0.05) is 19.3 Å². The van der Waals surface area contributed by atoms with Gasteiger partial charge in [0.25, 0.3) is 0 Å². The molecule has 1 fully saturated rings. The van der Waals surface area contributed by atoms with Gasteiger partial charge in [-0.15, -0.1) is 0 Å². The summed E-state index contributed by atoms with van der Waals surface area (Å²) >= 11 is 0. The maximum absolute atomic E-state index is 10.4. The van der Waals surface area contributed by atoms with Crippen LogP contribution in [-0.2, 0) is 4.79 Å². The smallest absolute Gasteiger partial charge is 0.212 e. The lowest BCUT2D eigenvalue weighted by Gasteiger charge is -2.06. The molecule has 0 unspecified atom stereocenters. The van der Waals surface area contributed by atoms with Crippen molar-refractivity contribution in [3.05, 3.63) is 42.4 Å². The maximum atomic E-state index is 10.4. The van der Waals surface area contributed by atoms with Crippen LogP contribution in [0, 0.1) is 6.92 Å². The van der Waals surface area contributed by atoms with Crippen molar-refractivity contribution >= 4 is 23.7 Å². The molecule has 6 heteroatoms. The average Bonchev–Trinajstić information content (AvgIpc) is 3.34. The Balaban J connectivity index is 0.000000468. The number of nitrogens with zero attached hydrogens (tertiary/aromatic N) is 3. The fraction of sp³-hybridized carbons (Fsp3) is 0.235. The standard InChI is InChI=1S/C14H13N5O.C3H6/c1-9-4-12(15)16-5-11(9)10-2-3-14-18-13(17-8-20)7-19(14)6-10;1-2-3-1/h2-8H,1H3,(H2,15,16)(H,17,20);1-3H2. The van der Waals surface area contributed by atoms with Gasteiger partial charge in [-0.3, -0.25) is 4.79 Å². The minimum absolute atomic E-state index is 0.507. The van der Waals surface area contributed by atoms with E-state index in [-0.39, 0.29) is 0 Å². The lowest BCUT2D eigenvalue weighted by atomic mass is 10.1. The van der Waals surface area contributed by atoms with Crippen LogP contribution in [0.1, 0.15) is 24.8 Å². The van der Waals surface area contributed by atoms with Crippen molar-refractivity contribution in [2.45, 2.75) is 26.2 Å². The molecule has 0 aromatic carbocycles. The quantitative estimate of drug-likeness (QED) is 0.728. The topological polar surface area (TPSA) is 85.3 Å². The Bertz CT molecular complexity index is 835. The molecule has 3 heterocycles. The zero-order chi connectivity index (χ0) is 16.2. The van der Waals surface area contributed by atoms with E-state index in [1.54, 1.807) is 12.4 Å². The predicted molar refractivity (Wildman–Crippen MR) is 91.1 cm³/mol. The number of hydrogen-bond donors (Lipinski definition) is 2. The first kappa shape index (κ1) is 15.0. The van der Waals surface area contributed by atoms with Crippen LogP contribution in [0.4, 0.5) is 11.6 Å². The Morgan fingerprint density at radius 3 is 2.70 bits per heavy atom. The summed E-state index contributed by atoms with van der Waals surface area (Å²) in [5.41, 5.74) is 9.51.